The Morgan fingerprint density at radius 1 is 1.26 bits per heavy atom. The van der Waals surface area contributed by atoms with Crippen LogP contribution in [-0.4, -0.2) is 21.3 Å². The fourth-order valence-electron chi connectivity index (χ4n) is 1.80. The molecule has 0 fully saturated rings. The highest BCUT2D eigenvalue weighted by Gasteiger charge is 2.20. The molecule has 0 aliphatic carbocycles. The first-order valence-electron chi connectivity index (χ1n) is 5.52. The van der Waals surface area contributed by atoms with E-state index >= 15 is 0 Å². The molecule has 1 aromatic heterocycles. The zero-order chi connectivity index (χ0) is 13.8. The SMILES string of the molecule is O=C(O)CC(c1ccc(F)c(F)c1)c1cccnn1. The van der Waals surface area contributed by atoms with Gasteiger partial charge in [0.25, 0.3) is 0 Å². The lowest BCUT2D eigenvalue weighted by atomic mass is 9.92. The van der Waals surface area contributed by atoms with E-state index in [1.165, 1.54) is 12.3 Å². The van der Waals surface area contributed by atoms with E-state index < -0.39 is 23.5 Å². The lowest BCUT2D eigenvalue weighted by Gasteiger charge is -2.14. The number of halogens is 2. The summed E-state index contributed by atoms with van der Waals surface area (Å²) >= 11 is 0. The lowest BCUT2D eigenvalue weighted by Crippen LogP contribution is -2.10. The molecule has 98 valence electrons. The van der Waals surface area contributed by atoms with Crippen LogP contribution in [0.3, 0.4) is 0 Å². The molecule has 1 heterocycles. The minimum absolute atomic E-state index is 0.274. The predicted octanol–water partition coefficient (Wildman–Crippen LogP) is 2.36. The maximum absolute atomic E-state index is 13.2. The molecular formula is C13H10F2N2O2. The topological polar surface area (TPSA) is 63.1 Å². The summed E-state index contributed by atoms with van der Waals surface area (Å²) in [6, 6.07) is 6.51. The third kappa shape index (κ3) is 3.09. The van der Waals surface area contributed by atoms with Crippen molar-refractivity contribution in [1.82, 2.24) is 10.2 Å². The molecule has 4 nitrogen and oxygen atoms in total. The molecule has 2 rings (SSSR count). The summed E-state index contributed by atoms with van der Waals surface area (Å²) in [7, 11) is 0. The highest BCUT2D eigenvalue weighted by Crippen LogP contribution is 2.27. The maximum Gasteiger partial charge on any atom is 0.304 e. The van der Waals surface area contributed by atoms with Crippen molar-refractivity contribution in [2.75, 3.05) is 0 Å². The fraction of sp³-hybridized carbons (Fsp3) is 0.154. The van der Waals surface area contributed by atoms with Gasteiger partial charge in [0.05, 0.1) is 12.1 Å². The average Bonchev–Trinajstić information content (AvgIpc) is 2.40. The van der Waals surface area contributed by atoms with E-state index in [4.69, 9.17) is 5.11 Å². The van der Waals surface area contributed by atoms with E-state index in [0.29, 0.717) is 11.3 Å². The van der Waals surface area contributed by atoms with Gasteiger partial charge in [-0.15, -0.1) is 0 Å². The number of rotatable bonds is 4. The Morgan fingerprint density at radius 2 is 2.05 bits per heavy atom. The van der Waals surface area contributed by atoms with E-state index in [0.717, 1.165) is 12.1 Å². The summed E-state index contributed by atoms with van der Waals surface area (Å²) in [5.41, 5.74) is 0.748. The Bertz CT molecular complexity index is 590. The molecule has 6 heteroatoms. The van der Waals surface area contributed by atoms with Crippen LogP contribution < -0.4 is 0 Å². The molecular weight excluding hydrogens is 254 g/mol. The minimum Gasteiger partial charge on any atom is -0.481 e. The molecule has 0 bridgehead atoms. The molecule has 1 atom stereocenters. The van der Waals surface area contributed by atoms with Gasteiger partial charge in [-0.05, 0) is 29.8 Å². The predicted molar refractivity (Wildman–Crippen MR) is 62.5 cm³/mol. The molecule has 0 saturated carbocycles. The Hall–Kier alpha value is -2.37. The van der Waals surface area contributed by atoms with Crippen molar-refractivity contribution in [1.29, 1.82) is 0 Å². The highest BCUT2D eigenvalue weighted by molar-refractivity contribution is 5.68. The first-order chi connectivity index (χ1) is 9.08. The Balaban J connectivity index is 2.42. The molecule has 0 saturated heterocycles. The number of carboxylic acids is 1. The van der Waals surface area contributed by atoms with Crippen LogP contribution >= 0.6 is 0 Å². The zero-order valence-electron chi connectivity index (χ0n) is 9.75. The van der Waals surface area contributed by atoms with Crippen molar-refractivity contribution in [3.63, 3.8) is 0 Å². The maximum atomic E-state index is 13.2. The second-order valence-electron chi connectivity index (χ2n) is 3.97. The number of hydrogen-bond donors (Lipinski definition) is 1. The summed E-state index contributed by atoms with van der Waals surface area (Å²) in [4.78, 5) is 10.9. The summed E-state index contributed by atoms with van der Waals surface area (Å²) in [6.07, 6.45) is 1.18. The molecule has 0 radical (unpaired) electrons. The number of hydrogen-bond acceptors (Lipinski definition) is 3. The molecule has 1 aromatic carbocycles. The molecule has 1 unspecified atom stereocenters. The number of aliphatic carboxylic acids is 1. The summed E-state index contributed by atoms with van der Waals surface area (Å²) in [6.45, 7) is 0. The third-order valence-corrected chi connectivity index (χ3v) is 2.67. The Morgan fingerprint density at radius 3 is 2.63 bits per heavy atom. The van der Waals surface area contributed by atoms with Gasteiger partial charge < -0.3 is 5.11 Å². The van der Waals surface area contributed by atoms with Crippen LogP contribution in [0.5, 0.6) is 0 Å². The van der Waals surface area contributed by atoms with Crippen LogP contribution in [0.1, 0.15) is 23.6 Å². The van der Waals surface area contributed by atoms with E-state index in [1.807, 2.05) is 0 Å². The second-order valence-corrected chi connectivity index (χ2v) is 3.97. The smallest absolute Gasteiger partial charge is 0.304 e. The van der Waals surface area contributed by atoms with Crippen molar-refractivity contribution in [2.24, 2.45) is 0 Å². The molecule has 0 aliphatic rings. The van der Waals surface area contributed by atoms with Gasteiger partial charge in [0.2, 0.25) is 0 Å². The van der Waals surface area contributed by atoms with E-state index in [1.54, 1.807) is 12.1 Å². The van der Waals surface area contributed by atoms with Crippen LogP contribution in [0.4, 0.5) is 8.78 Å². The van der Waals surface area contributed by atoms with Gasteiger partial charge in [-0.25, -0.2) is 8.78 Å². The van der Waals surface area contributed by atoms with Crippen LogP contribution in [0.25, 0.3) is 0 Å². The monoisotopic (exact) mass is 264 g/mol. The van der Waals surface area contributed by atoms with Gasteiger partial charge in [0, 0.05) is 12.1 Å². The van der Waals surface area contributed by atoms with Crippen LogP contribution in [-0.2, 0) is 4.79 Å². The minimum atomic E-state index is -1.06. The third-order valence-electron chi connectivity index (χ3n) is 2.67. The van der Waals surface area contributed by atoms with Crippen molar-refractivity contribution in [2.45, 2.75) is 12.3 Å². The fourth-order valence-corrected chi connectivity index (χ4v) is 1.80. The summed E-state index contributed by atoms with van der Waals surface area (Å²) < 4.78 is 26.1. The molecule has 1 N–H and O–H groups in total. The largest absolute Gasteiger partial charge is 0.481 e. The summed E-state index contributed by atoms with van der Waals surface area (Å²) in [5.74, 6) is -3.71. The van der Waals surface area contributed by atoms with Crippen molar-refractivity contribution in [3.8, 4) is 0 Å². The van der Waals surface area contributed by atoms with Crippen molar-refractivity contribution < 1.29 is 18.7 Å². The van der Waals surface area contributed by atoms with Crippen molar-refractivity contribution >= 4 is 5.97 Å². The number of benzene rings is 1. The number of nitrogens with zero attached hydrogens (tertiary/aromatic N) is 2. The standard InChI is InChI=1S/C13H10F2N2O2/c14-10-4-3-8(6-11(10)15)9(7-13(18)19)12-2-1-5-16-17-12/h1-6,9H,7H2,(H,18,19). The van der Waals surface area contributed by atoms with Gasteiger partial charge in [-0.1, -0.05) is 6.07 Å². The van der Waals surface area contributed by atoms with E-state index in [2.05, 4.69) is 10.2 Å². The summed E-state index contributed by atoms with van der Waals surface area (Å²) in [5, 5.41) is 16.4. The Kier molecular flexibility index (Phi) is 3.79. The molecule has 0 amide bonds. The van der Waals surface area contributed by atoms with Gasteiger partial charge in [0.15, 0.2) is 11.6 Å². The number of aromatic nitrogens is 2. The Labute approximate surface area is 107 Å². The van der Waals surface area contributed by atoms with Crippen LogP contribution in [0.15, 0.2) is 36.5 Å². The van der Waals surface area contributed by atoms with Crippen LogP contribution in [0, 0.1) is 11.6 Å². The van der Waals surface area contributed by atoms with Gasteiger partial charge in [0.1, 0.15) is 0 Å². The van der Waals surface area contributed by atoms with Gasteiger partial charge in [-0.3, -0.25) is 4.79 Å². The van der Waals surface area contributed by atoms with Gasteiger partial charge >= 0.3 is 5.97 Å². The average molecular weight is 264 g/mol. The van der Waals surface area contributed by atoms with Gasteiger partial charge in [-0.2, -0.15) is 10.2 Å². The van der Waals surface area contributed by atoms with E-state index in [-0.39, 0.29) is 6.42 Å². The lowest BCUT2D eigenvalue weighted by molar-refractivity contribution is -0.137. The molecule has 0 spiro atoms. The second kappa shape index (κ2) is 5.51. The number of carboxylic acid groups (broad SMARTS) is 1. The van der Waals surface area contributed by atoms with Crippen LogP contribution in [0.2, 0.25) is 0 Å². The molecule has 2 aromatic rings. The van der Waals surface area contributed by atoms with E-state index in [9.17, 15) is 13.6 Å². The van der Waals surface area contributed by atoms with Crippen molar-refractivity contribution in [3.05, 3.63) is 59.4 Å². The molecule has 0 aliphatic heterocycles. The zero-order valence-corrected chi connectivity index (χ0v) is 9.75. The number of carbonyl (C=O) groups is 1. The molecule has 19 heavy (non-hydrogen) atoms. The first-order valence-corrected chi connectivity index (χ1v) is 5.52. The normalized spacial score (nSPS) is 12.1. The first kappa shape index (κ1) is 13.1. The highest BCUT2D eigenvalue weighted by atomic mass is 19.2. The quantitative estimate of drug-likeness (QED) is 0.920.